The van der Waals surface area contributed by atoms with Crippen LogP contribution in [0.1, 0.15) is 82.1 Å². The molecule has 24 heavy (non-hydrogen) atoms. The summed E-state index contributed by atoms with van der Waals surface area (Å²) in [7, 11) is 13.1. The molecule has 0 fully saturated rings. The number of nitrogens with zero attached hydrogens (tertiary/aromatic N) is 2. The molecule has 1 rings (SSSR count). The molecule has 0 aliphatic carbocycles. The second-order valence-electron chi connectivity index (χ2n) is 10.5. The van der Waals surface area contributed by atoms with Gasteiger partial charge in [0.2, 0.25) is 0 Å². The van der Waals surface area contributed by atoms with E-state index >= 15 is 0 Å². The summed E-state index contributed by atoms with van der Waals surface area (Å²) in [5.74, 6) is 0. The minimum absolute atomic E-state index is 0.0277. The summed E-state index contributed by atoms with van der Waals surface area (Å²) in [4.78, 5) is 0. The molecule has 1 aromatic heterocycles. The van der Waals surface area contributed by atoms with Crippen LogP contribution in [0.15, 0.2) is 12.4 Å². The molecule has 5 heteroatoms. The Kier molecular flexibility index (Phi) is 6.77. The van der Waals surface area contributed by atoms with E-state index in [9.17, 15) is 0 Å². The van der Waals surface area contributed by atoms with Crippen molar-refractivity contribution in [1.82, 2.24) is 9.13 Å². The first-order valence-electron chi connectivity index (χ1n) is 8.56. The van der Waals surface area contributed by atoms with E-state index in [1.165, 1.54) is 0 Å². The summed E-state index contributed by atoms with van der Waals surface area (Å²) in [5.41, 5.74) is 0.425. The fourth-order valence-corrected chi connectivity index (χ4v) is 7.21. The van der Waals surface area contributed by atoms with E-state index in [0.29, 0.717) is 0 Å². The van der Waals surface area contributed by atoms with Gasteiger partial charge in [-0.1, -0.05) is 0 Å². The zero-order valence-corrected chi connectivity index (χ0v) is 20.1. The molecule has 0 N–H and O–H groups in total. The third-order valence-electron chi connectivity index (χ3n) is 4.07. The Bertz CT molecular complexity index is 585. The zero-order chi connectivity index (χ0) is 19.1. The van der Waals surface area contributed by atoms with Crippen molar-refractivity contribution in [1.29, 1.82) is 0 Å². The summed E-state index contributed by atoms with van der Waals surface area (Å²) >= 11 is -1.79. The predicted octanol–water partition coefficient (Wildman–Crippen LogP) is 7.09. The van der Waals surface area contributed by atoms with E-state index in [-0.39, 0.29) is 21.9 Å². The van der Waals surface area contributed by atoms with Crippen molar-refractivity contribution in [3.05, 3.63) is 16.3 Å². The van der Waals surface area contributed by atoms with Gasteiger partial charge in [-0.25, -0.2) is 0 Å². The van der Waals surface area contributed by atoms with Gasteiger partial charge in [-0.2, -0.15) is 0 Å². The molecule has 2 nitrogen and oxygen atoms in total. The number of halogens is 2. The average molecular weight is 470 g/mol. The van der Waals surface area contributed by atoms with E-state index in [4.69, 9.17) is 19.1 Å². The van der Waals surface area contributed by atoms with Crippen LogP contribution in [0.4, 0.5) is 0 Å². The molecule has 1 aromatic rings. The van der Waals surface area contributed by atoms with Crippen molar-refractivity contribution >= 4 is 19.1 Å². The summed E-state index contributed by atoms with van der Waals surface area (Å²) in [6.45, 7) is 22.8. The van der Waals surface area contributed by atoms with Crippen LogP contribution in [0.3, 0.4) is 0 Å². The van der Waals surface area contributed by atoms with E-state index in [1.807, 2.05) is 0 Å². The van der Waals surface area contributed by atoms with Crippen LogP contribution in [0.5, 0.6) is 0 Å². The third-order valence-corrected chi connectivity index (χ3v) is 6.61. The summed E-state index contributed by atoms with van der Waals surface area (Å²) in [5, 5.41) is 0. The maximum absolute atomic E-state index is 6.55. The average Bonchev–Trinajstić information content (AvgIpc) is 2.66. The van der Waals surface area contributed by atoms with Crippen LogP contribution in [0.2, 0.25) is 0 Å². The molecule has 0 aliphatic rings. The first-order chi connectivity index (χ1) is 10.5. The van der Waals surface area contributed by atoms with Crippen molar-refractivity contribution in [2.75, 3.05) is 0 Å². The van der Waals surface area contributed by atoms with Crippen LogP contribution in [0, 0.1) is 14.7 Å². The minimum atomic E-state index is -1.79. The van der Waals surface area contributed by atoms with Crippen molar-refractivity contribution in [2.24, 2.45) is 10.8 Å². The number of hydrogen-bond donors (Lipinski definition) is 0. The third kappa shape index (κ3) is 6.01. The van der Waals surface area contributed by atoms with Gasteiger partial charge in [-0.05, 0) is 0 Å². The fraction of sp³-hybridized carbons (Fsp3) is 0.842. The molecule has 148 valence electrons. The molecule has 0 aromatic carbocycles. The van der Waals surface area contributed by atoms with Crippen molar-refractivity contribution < 1.29 is 14.3 Å². The standard InChI is InChI=1S/C19H36N2.2ClH.Pd/c1-16(2,3)13-18(7,8)20-11-12-21(15-20)19(9,10)14-17(4,5)6;;;/h11-12H,13-14H2,1-10H3;2*1H;/p-2. The van der Waals surface area contributed by atoms with Crippen molar-refractivity contribution in [3.63, 3.8) is 0 Å². The Morgan fingerprint density at radius 2 is 1.00 bits per heavy atom. The molecular weight excluding hydrogens is 434 g/mol. The van der Waals surface area contributed by atoms with Crippen molar-refractivity contribution in [2.45, 2.75) is 93.2 Å². The Balaban J connectivity index is 3.51. The first kappa shape index (κ1) is 22.5. The Hall–Kier alpha value is 0.452. The van der Waals surface area contributed by atoms with Gasteiger partial charge in [0.05, 0.1) is 0 Å². The van der Waals surface area contributed by atoms with Crippen LogP contribution in [0.25, 0.3) is 0 Å². The molecule has 0 aliphatic heterocycles. The Labute approximate surface area is 162 Å². The first-order valence-corrected chi connectivity index (χ1v) is 13.3. The Morgan fingerprint density at radius 1 is 0.708 bits per heavy atom. The second kappa shape index (κ2) is 7.22. The quantitative estimate of drug-likeness (QED) is 0.417. The molecule has 1 heterocycles. The molecule has 0 atom stereocenters. The summed E-state index contributed by atoms with van der Waals surface area (Å²) in [6.07, 6.45) is 6.47. The van der Waals surface area contributed by atoms with Crippen LogP contribution < -0.4 is 0 Å². The van der Waals surface area contributed by atoms with E-state index < -0.39 is 14.3 Å². The molecule has 0 saturated heterocycles. The fourth-order valence-electron chi connectivity index (χ4n) is 4.11. The molecule has 0 spiro atoms. The van der Waals surface area contributed by atoms with Gasteiger partial charge in [0.1, 0.15) is 0 Å². The SMILES string of the molecule is CC(C)(C)CC(C)(C)n1ccn(C(C)(C)CC(C)(C)C)[c]1=[Pd-2]([Cl])[Cl]. The van der Waals surface area contributed by atoms with Gasteiger partial charge in [0, 0.05) is 0 Å². The van der Waals surface area contributed by atoms with Gasteiger partial charge in [0.15, 0.2) is 0 Å². The van der Waals surface area contributed by atoms with Gasteiger partial charge < -0.3 is 0 Å². The predicted molar refractivity (Wildman–Crippen MR) is 104 cm³/mol. The monoisotopic (exact) mass is 468 g/mol. The van der Waals surface area contributed by atoms with Gasteiger partial charge in [0.25, 0.3) is 0 Å². The van der Waals surface area contributed by atoms with E-state index in [2.05, 4.69) is 90.8 Å². The van der Waals surface area contributed by atoms with E-state index in [0.717, 1.165) is 16.7 Å². The number of hydrogen-bond acceptors (Lipinski definition) is 0. The molecule has 0 radical (unpaired) electrons. The van der Waals surface area contributed by atoms with Crippen LogP contribution in [-0.4, -0.2) is 9.13 Å². The molecule has 0 saturated carbocycles. The van der Waals surface area contributed by atoms with Gasteiger partial charge >= 0.3 is 163 Å². The maximum atomic E-state index is 6.55. The number of aromatic nitrogens is 2. The topological polar surface area (TPSA) is 9.86 Å². The molecule has 0 bridgehead atoms. The summed E-state index contributed by atoms with van der Waals surface area (Å²) in [6, 6.07) is 0. The molecule has 0 amide bonds. The number of imidazole rings is 1. The van der Waals surface area contributed by atoms with Gasteiger partial charge in [-0.3, -0.25) is 0 Å². The van der Waals surface area contributed by atoms with Crippen LogP contribution in [-0.2, 0) is 25.3 Å². The van der Waals surface area contributed by atoms with E-state index in [1.54, 1.807) is 0 Å². The normalized spacial score (nSPS) is 14.9. The zero-order valence-electron chi connectivity index (χ0n) is 17.0. The number of rotatable bonds is 4. The van der Waals surface area contributed by atoms with Crippen LogP contribution >= 0.6 is 19.1 Å². The summed E-state index contributed by atoms with van der Waals surface area (Å²) < 4.78 is 5.74. The molecular formula is C19H36Cl2N2Pd-2. The van der Waals surface area contributed by atoms with Crippen molar-refractivity contribution in [3.8, 4) is 0 Å². The Morgan fingerprint density at radius 3 is 1.21 bits per heavy atom. The second-order valence-corrected chi connectivity index (χ2v) is 15.6. The van der Waals surface area contributed by atoms with Gasteiger partial charge in [-0.15, -0.1) is 0 Å². The molecule has 0 unspecified atom stereocenters.